The number of halogens is 1. The van der Waals surface area contributed by atoms with Crippen LogP contribution in [0.1, 0.15) is 34.1 Å². The Bertz CT molecular complexity index is 707. The molecular weight excluding hydrogens is 323 g/mol. The first-order chi connectivity index (χ1) is 10.9. The maximum absolute atomic E-state index is 13.9. The molecule has 1 fully saturated rings. The van der Waals surface area contributed by atoms with Crippen LogP contribution in [-0.2, 0) is 0 Å². The number of rotatable bonds is 4. The number of hydrogen-bond acceptors (Lipinski definition) is 7. The molecule has 0 unspecified atom stereocenters. The fraction of sp³-hybridized carbons (Fsp3) is 0.571. The Balaban J connectivity index is 2.45. The van der Waals surface area contributed by atoms with Gasteiger partial charge in [0.25, 0.3) is 5.69 Å². The summed E-state index contributed by atoms with van der Waals surface area (Å²) in [5.41, 5.74) is -3.08. The minimum absolute atomic E-state index is 0.160. The molecule has 132 valence electrons. The summed E-state index contributed by atoms with van der Waals surface area (Å²) in [5.74, 6) is -1.16. The molecule has 1 aromatic rings. The van der Waals surface area contributed by atoms with Crippen molar-refractivity contribution in [1.29, 1.82) is 0 Å². The lowest BCUT2D eigenvalue weighted by Crippen LogP contribution is -2.50. The van der Waals surface area contributed by atoms with Crippen LogP contribution in [0.15, 0.2) is 12.1 Å². The summed E-state index contributed by atoms with van der Waals surface area (Å²) in [6, 6.07) is 0.915. The average molecular weight is 342 g/mol. The van der Waals surface area contributed by atoms with E-state index in [1.165, 1.54) is 0 Å². The number of hydroxylamine groups is 2. The molecule has 0 aromatic heterocycles. The third-order valence-electron chi connectivity index (χ3n) is 4.46. The lowest BCUT2D eigenvalue weighted by molar-refractivity contribution is -0.395. The summed E-state index contributed by atoms with van der Waals surface area (Å²) >= 11 is 0. The van der Waals surface area contributed by atoms with Crippen LogP contribution in [0.25, 0.3) is 0 Å². The van der Waals surface area contributed by atoms with E-state index in [4.69, 9.17) is 0 Å². The monoisotopic (exact) mass is 342 g/mol. The molecule has 1 saturated heterocycles. The molecule has 1 aliphatic rings. The first-order valence-corrected chi connectivity index (χ1v) is 7.26. The van der Waals surface area contributed by atoms with E-state index in [1.54, 1.807) is 27.7 Å². The van der Waals surface area contributed by atoms with Crippen molar-refractivity contribution in [3.05, 3.63) is 38.2 Å². The van der Waals surface area contributed by atoms with Gasteiger partial charge in [-0.05, 0) is 34.1 Å². The molecule has 1 heterocycles. The van der Waals surface area contributed by atoms with Crippen LogP contribution in [0.4, 0.5) is 21.5 Å². The Morgan fingerprint density at radius 2 is 1.75 bits per heavy atom. The van der Waals surface area contributed by atoms with E-state index in [-0.39, 0.29) is 5.69 Å². The van der Waals surface area contributed by atoms with Crippen LogP contribution in [0.2, 0.25) is 0 Å². The summed E-state index contributed by atoms with van der Waals surface area (Å²) in [4.78, 5) is 20.1. The maximum Gasteiger partial charge on any atom is 0.311 e. The van der Waals surface area contributed by atoms with Crippen molar-refractivity contribution >= 4 is 17.1 Å². The van der Waals surface area contributed by atoms with Gasteiger partial charge < -0.3 is 10.5 Å². The Labute approximate surface area is 137 Å². The van der Waals surface area contributed by atoms with Gasteiger partial charge in [-0.15, -0.1) is 0 Å². The van der Waals surface area contributed by atoms with Crippen molar-refractivity contribution < 1.29 is 19.4 Å². The molecule has 0 bridgehead atoms. The van der Waals surface area contributed by atoms with Crippen LogP contribution in [0.3, 0.4) is 0 Å². The maximum atomic E-state index is 13.9. The summed E-state index contributed by atoms with van der Waals surface area (Å²) in [6.45, 7) is 7.10. The lowest BCUT2D eigenvalue weighted by atomic mass is 9.94. The van der Waals surface area contributed by atoms with Gasteiger partial charge in [0, 0.05) is 17.6 Å². The number of nitro groups is 2. The van der Waals surface area contributed by atoms with Crippen molar-refractivity contribution in [1.82, 2.24) is 5.06 Å². The van der Waals surface area contributed by atoms with Gasteiger partial charge in [-0.25, -0.2) is 0 Å². The molecular formula is C14H19FN4O5. The number of nitro benzene ring substituents is 2. The van der Waals surface area contributed by atoms with Crippen LogP contribution in [0, 0.1) is 26.0 Å². The predicted octanol–water partition coefficient (Wildman–Crippen LogP) is 3.07. The zero-order chi connectivity index (χ0) is 18.4. The summed E-state index contributed by atoms with van der Waals surface area (Å²) in [5, 5.41) is 36.3. The molecule has 0 radical (unpaired) electrons. The van der Waals surface area contributed by atoms with E-state index in [0.717, 1.165) is 11.1 Å². The van der Waals surface area contributed by atoms with Gasteiger partial charge in [-0.2, -0.15) is 9.45 Å². The third-order valence-corrected chi connectivity index (χ3v) is 4.46. The van der Waals surface area contributed by atoms with Crippen LogP contribution < -0.4 is 5.32 Å². The Kier molecular flexibility index (Phi) is 4.23. The molecule has 0 amide bonds. The molecule has 1 atom stereocenters. The van der Waals surface area contributed by atoms with Crippen LogP contribution in [0.5, 0.6) is 0 Å². The van der Waals surface area contributed by atoms with E-state index in [1.807, 2.05) is 0 Å². The number of nitrogens with zero attached hydrogens (tertiary/aromatic N) is 3. The fourth-order valence-corrected chi connectivity index (χ4v) is 3.14. The van der Waals surface area contributed by atoms with Gasteiger partial charge in [0.2, 0.25) is 5.82 Å². The highest BCUT2D eigenvalue weighted by Crippen LogP contribution is 2.42. The standard InChI is InChI=1S/C14H19FN4O5/c1-13(2)7-12(14(3,4)19(13)24)16-9-5-8(15)10(17(20)21)6-11(9)18(22)23/h5-6,12,16,24H,7H2,1-4H3/t12-/m0/s1. The molecule has 1 aliphatic heterocycles. The Morgan fingerprint density at radius 1 is 1.21 bits per heavy atom. The number of nitrogens with one attached hydrogen (secondary N) is 1. The van der Waals surface area contributed by atoms with E-state index < -0.39 is 44.2 Å². The minimum Gasteiger partial charge on any atom is -0.375 e. The quantitative estimate of drug-likeness (QED) is 0.637. The van der Waals surface area contributed by atoms with Crippen molar-refractivity contribution in [2.75, 3.05) is 5.32 Å². The first-order valence-electron chi connectivity index (χ1n) is 7.26. The zero-order valence-corrected chi connectivity index (χ0v) is 13.7. The predicted molar refractivity (Wildman–Crippen MR) is 83.5 cm³/mol. The molecule has 2 rings (SSSR count). The van der Waals surface area contributed by atoms with Crippen LogP contribution in [-0.4, -0.2) is 37.2 Å². The Morgan fingerprint density at radius 3 is 2.17 bits per heavy atom. The van der Waals surface area contributed by atoms with Gasteiger partial charge in [0.15, 0.2) is 0 Å². The second kappa shape index (κ2) is 5.64. The van der Waals surface area contributed by atoms with Gasteiger partial charge in [0.1, 0.15) is 5.69 Å². The highest BCUT2D eigenvalue weighted by Gasteiger charge is 2.51. The molecule has 2 N–H and O–H groups in total. The molecule has 0 aliphatic carbocycles. The second-order valence-electron chi connectivity index (χ2n) is 7.01. The van der Waals surface area contributed by atoms with E-state index >= 15 is 0 Å². The smallest absolute Gasteiger partial charge is 0.311 e. The van der Waals surface area contributed by atoms with E-state index in [9.17, 15) is 29.8 Å². The molecule has 24 heavy (non-hydrogen) atoms. The minimum atomic E-state index is -1.16. The van der Waals surface area contributed by atoms with Crippen molar-refractivity contribution in [3.63, 3.8) is 0 Å². The SMILES string of the molecule is CC1(C)C[C@H](Nc2cc(F)c([N+](=O)[O-])cc2[N+](=O)[O-])C(C)(C)N1O. The fourth-order valence-electron chi connectivity index (χ4n) is 3.14. The topological polar surface area (TPSA) is 122 Å². The summed E-state index contributed by atoms with van der Waals surface area (Å²) in [7, 11) is 0. The van der Waals surface area contributed by atoms with Gasteiger partial charge in [0.05, 0.1) is 21.5 Å². The van der Waals surface area contributed by atoms with E-state index in [0.29, 0.717) is 12.5 Å². The first kappa shape index (κ1) is 18.0. The van der Waals surface area contributed by atoms with Gasteiger partial charge in [-0.3, -0.25) is 20.2 Å². The normalized spacial score (nSPS) is 22.3. The second-order valence-corrected chi connectivity index (χ2v) is 7.01. The average Bonchev–Trinajstić information content (AvgIpc) is 2.58. The van der Waals surface area contributed by atoms with Crippen molar-refractivity contribution in [2.24, 2.45) is 0 Å². The van der Waals surface area contributed by atoms with Crippen molar-refractivity contribution in [2.45, 2.75) is 51.2 Å². The number of benzene rings is 1. The third kappa shape index (κ3) is 2.89. The number of anilines is 1. The van der Waals surface area contributed by atoms with Crippen molar-refractivity contribution in [3.8, 4) is 0 Å². The van der Waals surface area contributed by atoms with Gasteiger partial charge >= 0.3 is 5.69 Å². The highest BCUT2D eigenvalue weighted by molar-refractivity contribution is 5.66. The molecule has 9 nitrogen and oxygen atoms in total. The van der Waals surface area contributed by atoms with Gasteiger partial charge in [-0.1, -0.05) is 0 Å². The summed E-state index contributed by atoms with van der Waals surface area (Å²) < 4.78 is 13.9. The Hall–Kier alpha value is -2.33. The molecule has 0 spiro atoms. The van der Waals surface area contributed by atoms with Crippen LogP contribution >= 0.6 is 0 Å². The molecule has 1 aromatic carbocycles. The largest absolute Gasteiger partial charge is 0.375 e. The zero-order valence-electron chi connectivity index (χ0n) is 13.7. The number of hydrogen-bond donors (Lipinski definition) is 2. The summed E-state index contributed by atoms with van der Waals surface area (Å²) in [6.07, 6.45) is 0.437. The molecule has 0 saturated carbocycles. The highest BCUT2D eigenvalue weighted by atomic mass is 19.1. The lowest BCUT2D eigenvalue weighted by Gasteiger charge is -2.36. The molecule has 10 heteroatoms. The van der Waals surface area contributed by atoms with E-state index in [2.05, 4.69) is 5.32 Å².